The smallest absolute Gasteiger partial charge is 0.387 e. The van der Waals surface area contributed by atoms with Crippen molar-refractivity contribution in [2.75, 3.05) is 0 Å². The normalized spacial score (nSPS) is 33.4. The molecule has 1 aromatic rings. The van der Waals surface area contributed by atoms with Gasteiger partial charge in [0, 0.05) is 0 Å². The second-order valence-corrected chi connectivity index (χ2v) is 10.6. The Labute approximate surface area is 191 Å². The molecule has 178 valence electrons. The van der Waals surface area contributed by atoms with Gasteiger partial charge in [0.1, 0.15) is 0 Å². The van der Waals surface area contributed by atoms with Crippen LogP contribution in [0.15, 0.2) is 30.4 Å². The Morgan fingerprint density at radius 3 is 2.25 bits per heavy atom. The van der Waals surface area contributed by atoms with E-state index in [0.717, 1.165) is 48.0 Å². The molecule has 0 heterocycles. The average Bonchev–Trinajstić information content (AvgIpc) is 2.80. The summed E-state index contributed by atoms with van der Waals surface area (Å²) in [7, 11) is 0. The van der Waals surface area contributed by atoms with Crippen molar-refractivity contribution >= 4 is 0 Å². The third-order valence-electron chi connectivity index (χ3n) is 8.83. The third-order valence-corrected chi connectivity index (χ3v) is 8.83. The zero-order chi connectivity index (χ0) is 22.5. The van der Waals surface area contributed by atoms with E-state index < -0.39 is 12.4 Å². The van der Waals surface area contributed by atoms with Crippen molar-refractivity contribution in [2.45, 2.75) is 96.5 Å². The monoisotopic (exact) mass is 448 g/mol. The molecule has 3 aliphatic rings. The van der Waals surface area contributed by atoms with Crippen LogP contribution in [0.4, 0.5) is 13.2 Å². The minimum absolute atomic E-state index is 0.343. The molecule has 4 heteroatoms. The molecule has 3 saturated carbocycles. The topological polar surface area (TPSA) is 9.23 Å². The van der Waals surface area contributed by atoms with Gasteiger partial charge in [-0.05, 0) is 124 Å². The van der Waals surface area contributed by atoms with Crippen LogP contribution in [0, 0.1) is 35.4 Å². The minimum Gasteiger partial charge on any atom is -0.432 e. The summed E-state index contributed by atoms with van der Waals surface area (Å²) < 4.78 is 43.3. The maximum Gasteiger partial charge on any atom is 0.387 e. The summed E-state index contributed by atoms with van der Waals surface area (Å²) in [4.78, 5) is 0. The van der Waals surface area contributed by atoms with Crippen molar-refractivity contribution in [3.8, 4) is 5.75 Å². The number of hydrogen-bond donors (Lipinski definition) is 0. The van der Waals surface area contributed by atoms with E-state index in [1.54, 1.807) is 6.07 Å². The Hall–Kier alpha value is -1.45. The quantitative estimate of drug-likeness (QED) is 0.378. The van der Waals surface area contributed by atoms with Gasteiger partial charge >= 0.3 is 6.61 Å². The van der Waals surface area contributed by atoms with Gasteiger partial charge in [0.15, 0.2) is 11.6 Å². The number of fused-ring (bicyclic) bond motifs is 1. The fourth-order valence-electron chi connectivity index (χ4n) is 7.07. The van der Waals surface area contributed by atoms with Crippen LogP contribution >= 0.6 is 0 Å². The molecule has 3 aliphatic carbocycles. The number of rotatable bonds is 7. The van der Waals surface area contributed by atoms with Crippen LogP contribution in [0.3, 0.4) is 0 Å². The van der Waals surface area contributed by atoms with Gasteiger partial charge in [-0.2, -0.15) is 8.78 Å². The summed E-state index contributed by atoms with van der Waals surface area (Å²) in [6.45, 7) is -0.880. The van der Waals surface area contributed by atoms with Crippen LogP contribution in [0.25, 0.3) is 0 Å². The molecule has 1 aromatic carbocycles. The lowest BCUT2D eigenvalue weighted by Gasteiger charge is -2.45. The summed E-state index contributed by atoms with van der Waals surface area (Å²) in [5.41, 5.74) is 0.945. The first-order valence-corrected chi connectivity index (χ1v) is 12.9. The van der Waals surface area contributed by atoms with Gasteiger partial charge in [0.25, 0.3) is 0 Å². The van der Waals surface area contributed by atoms with E-state index in [4.69, 9.17) is 0 Å². The van der Waals surface area contributed by atoms with E-state index >= 15 is 0 Å². The molecule has 0 aliphatic heterocycles. The predicted octanol–water partition coefficient (Wildman–Crippen LogP) is 8.89. The van der Waals surface area contributed by atoms with Gasteiger partial charge in [0.2, 0.25) is 0 Å². The van der Waals surface area contributed by atoms with Crippen molar-refractivity contribution in [2.24, 2.45) is 29.6 Å². The molecule has 4 unspecified atom stereocenters. The van der Waals surface area contributed by atoms with Crippen LogP contribution in [0.5, 0.6) is 5.75 Å². The van der Waals surface area contributed by atoms with Crippen LogP contribution in [0.1, 0.15) is 95.5 Å². The molecule has 32 heavy (non-hydrogen) atoms. The van der Waals surface area contributed by atoms with Crippen LogP contribution in [-0.2, 0) is 0 Å². The van der Waals surface area contributed by atoms with Crippen LogP contribution in [0.2, 0.25) is 0 Å². The SMILES string of the molecule is C/C=C/CCC1CCC(C2CCC3CC(c4ccc(OC(F)F)c(F)c4)CCC3C2)CC1. The molecule has 3 fully saturated rings. The lowest BCUT2D eigenvalue weighted by Crippen LogP contribution is -2.34. The molecule has 0 radical (unpaired) electrons. The predicted molar refractivity (Wildman–Crippen MR) is 123 cm³/mol. The Morgan fingerprint density at radius 2 is 1.56 bits per heavy atom. The number of halogens is 3. The van der Waals surface area contributed by atoms with E-state index in [1.807, 2.05) is 0 Å². The Bertz CT molecular complexity index is 753. The number of ether oxygens (including phenoxy) is 1. The number of allylic oxidation sites excluding steroid dienone is 2. The summed E-state index contributed by atoms with van der Waals surface area (Å²) in [6.07, 6.45) is 20.3. The van der Waals surface area contributed by atoms with Crippen LogP contribution < -0.4 is 4.74 Å². The van der Waals surface area contributed by atoms with Gasteiger partial charge in [-0.15, -0.1) is 0 Å². The van der Waals surface area contributed by atoms with E-state index in [0.29, 0.717) is 5.92 Å². The second-order valence-electron chi connectivity index (χ2n) is 10.6. The fourth-order valence-corrected chi connectivity index (χ4v) is 7.07. The van der Waals surface area contributed by atoms with Gasteiger partial charge in [-0.25, -0.2) is 4.39 Å². The maximum atomic E-state index is 14.2. The lowest BCUT2D eigenvalue weighted by molar-refractivity contribution is -0.0522. The highest BCUT2D eigenvalue weighted by Crippen LogP contribution is 2.51. The fraction of sp³-hybridized carbons (Fsp3) is 0.714. The number of alkyl halides is 2. The largest absolute Gasteiger partial charge is 0.432 e. The van der Waals surface area contributed by atoms with Crippen molar-refractivity contribution in [1.29, 1.82) is 0 Å². The molecule has 0 N–H and O–H groups in total. The first-order valence-electron chi connectivity index (χ1n) is 12.9. The summed E-state index contributed by atoms with van der Waals surface area (Å²) >= 11 is 0. The van der Waals surface area contributed by atoms with Crippen LogP contribution in [-0.4, -0.2) is 6.61 Å². The molecule has 0 amide bonds. The van der Waals surface area contributed by atoms with E-state index in [9.17, 15) is 13.2 Å². The molecular formula is C28H39F3O. The highest BCUT2D eigenvalue weighted by Gasteiger charge is 2.39. The average molecular weight is 449 g/mol. The Balaban J connectivity index is 1.26. The van der Waals surface area contributed by atoms with E-state index in [-0.39, 0.29) is 5.75 Å². The number of hydrogen-bond acceptors (Lipinski definition) is 1. The third kappa shape index (κ3) is 5.91. The molecule has 0 aromatic heterocycles. The molecule has 0 saturated heterocycles. The van der Waals surface area contributed by atoms with E-state index in [2.05, 4.69) is 23.8 Å². The minimum atomic E-state index is -2.99. The molecule has 4 atom stereocenters. The van der Waals surface area contributed by atoms with Gasteiger partial charge in [-0.1, -0.05) is 31.1 Å². The zero-order valence-electron chi connectivity index (χ0n) is 19.5. The summed E-state index contributed by atoms with van der Waals surface area (Å²) in [5, 5.41) is 0. The molecule has 0 spiro atoms. The Kier molecular flexibility index (Phi) is 8.23. The highest BCUT2D eigenvalue weighted by atomic mass is 19.3. The van der Waals surface area contributed by atoms with Crippen molar-refractivity contribution in [1.82, 2.24) is 0 Å². The molecule has 4 rings (SSSR count). The first-order chi connectivity index (χ1) is 15.5. The van der Waals surface area contributed by atoms with Crippen molar-refractivity contribution in [3.63, 3.8) is 0 Å². The van der Waals surface area contributed by atoms with Crippen molar-refractivity contribution < 1.29 is 17.9 Å². The van der Waals surface area contributed by atoms with E-state index in [1.165, 1.54) is 76.3 Å². The maximum absolute atomic E-state index is 14.2. The number of benzene rings is 1. The molecule has 1 nitrogen and oxygen atoms in total. The molecule has 0 bridgehead atoms. The van der Waals surface area contributed by atoms with Gasteiger partial charge in [-0.3, -0.25) is 0 Å². The first kappa shape index (κ1) is 23.7. The summed E-state index contributed by atoms with van der Waals surface area (Å²) in [5.74, 6) is 3.66. The van der Waals surface area contributed by atoms with Gasteiger partial charge in [0.05, 0.1) is 0 Å². The zero-order valence-corrected chi connectivity index (χ0v) is 19.5. The standard InChI is InChI=1S/C28H39F3O/c1-2-3-4-5-19-6-8-20(9-7-19)21-10-11-23-17-24(13-12-22(23)16-21)25-14-15-27(26(29)18-25)32-28(30)31/h2-3,14-15,18-24,28H,4-13,16-17H2,1H3/b3-2+. The summed E-state index contributed by atoms with van der Waals surface area (Å²) in [6, 6.07) is 4.57. The lowest BCUT2D eigenvalue weighted by atomic mass is 9.60. The highest BCUT2D eigenvalue weighted by molar-refractivity contribution is 5.31. The van der Waals surface area contributed by atoms with Gasteiger partial charge < -0.3 is 4.74 Å². The Morgan fingerprint density at radius 1 is 0.906 bits per heavy atom. The molecular weight excluding hydrogens is 409 g/mol. The second kappa shape index (κ2) is 11.1. The van der Waals surface area contributed by atoms with Crippen molar-refractivity contribution in [3.05, 3.63) is 41.7 Å².